The first-order valence-corrected chi connectivity index (χ1v) is 14.7. The largest absolute Gasteiger partial charge is 0.453 e. The van der Waals surface area contributed by atoms with Crippen molar-refractivity contribution in [2.75, 3.05) is 24.8 Å². The van der Waals surface area contributed by atoms with Crippen molar-refractivity contribution in [1.29, 1.82) is 0 Å². The highest BCUT2D eigenvalue weighted by Crippen LogP contribution is 2.38. The first kappa shape index (κ1) is 26.1. The average Bonchev–Trinajstić information content (AvgIpc) is 3.33. The van der Waals surface area contributed by atoms with Gasteiger partial charge in [-0.15, -0.1) is 11.8 Å². The van der Waals surface area contributed by atoms with Crippen molar-refractivity contribution >= 4 is 42.4 Å². The van der Waals surface area contributed by atoms with E-state index in [4.69, 9.17) is 9.16 Å². The molecule has 0 spiro atoms. The van der Waals surface area contributed by atoms with Crippen molar-refractivity contribution in [2.24, 2.45) is 0 Å². The third-order valence-corrected chi connectivity index (χ3v) is 12.2. The zero-order valence-electron chi connectivity index (χ0n) is 20.8. The number of thioether (sulfide) groups is 1. The lowest BCUT2D eigenvalue weighted by Crippen LogP contribution is -2.67. The summed E-state index contributed by atoms with van der Waals surface area (Å²) in [6, 6.07) is 22.5. The van der Waals surface area contributed by atoms with Gasteiger partial charge in [0.2, 0.25) is 0 Å². The number of rotatable bonds is 7. The Morgan fingerprint density at radius 1 is 1.11 bits per heavy atom. The Labute approximate surface area is 216 Å². The first-order chi connectivity index (χ1) is 17.2. The number of nitrogens with one attached hydrogen (secondary N) is 1. The highest BCUT2D eigenvalue weighted by atomic mass is 32.2. The molecule has 1 aliphatic rings. The fraction of sp³-hybridized carbons (Fsp3) is 0.346. The van der Waals surface area contributed by atoms with Crippen LogP contribution in [0, 0.1) is 0 Å². The van der Waals surface area contributed by atoms with E-state index in [1.807, 2.05) is 12.1 Å². The molecule has 1 aromatic heterocycles. The Morgan fingerprint density at radius 2 is 1.72 bits per heavy atom. The molecule has 0 bridgehead atoms. The molecule has 10 heteroatoms. The van der Waals surface area contributed by atoms with Gasteiger partial charge < -0.3 is 13.9 Å². The molecule has 190 valence electrons. The molecule has 4 rings (SSSR count). The molecule has 1 amide bonds. The van der Waals surface area contributed by atoms with Crippen molar-refractivity contribution in [3.8, 4) is 0 Å². The third-order valence-electron chi connectivity index (χ3n) is 6.14. The van der Waals surface area contributed by atoms with Crippen LogP contribution in [-0.4, -0.2) is 48.9 Å². The number of nitrogens with zero attached hydrogens (tertiary/aromatic N) is 2. The highest BCUT2D eigenvalue weighted by molar-refractivity contribution is 8.00. The SMILES string of the molecule is COC(=O)Nc1ccn(C2CSC(CO[Si](c3ccccc3)(c3ccccc3)C(C)(C)C)O2)c(=O)n1. The van der Waals surface area contributed by atoms with Crippen molar-refractivity contribution in [2.45, 2.75) is 37.5 Å². The first-order valence-electron chi connectivity index (χ1n) is 11.7. The second kappa shape index (κ2) is 11.0. The minimum absolute atomic E-state index is 0.125. The molecule has 1 aliphatic heterocycles. The molecule has 0 radical (unpaired) electrons. The summed E-state index contributed by atoms with van der Waals surface area (Å²) in [4.78, 5) is 27.9. The van der Waals surface area contributed by atoms with Crippen LogP contribution in [0.4, 0.5) is 10.6 Å². The molecule has 8 nitrogen and oxygen atoms in total. The lowest BCUT2D eigenvalue weighted by Gasteiger charge is -2.43. The quantitative estimate of drug-likeness (QED) is 0.472. The maximum Gasteiger partial charge on any atom is 0.412 e. The summed E-state index contributed by atoms with van der Waals surface area (Å²) >= 11 is 1.61. The van der Waals surface area contributed by atoms with Crippen LogP contribution in [0.25, 0.3) is 0 Å². The molecular weight excluding hydrogens is 494 g/mol. The molecule has 3 aromatic rings. The van der Waals surface area contributed by atoms with Gasteiger partial charge in [0.25, 0.3) is 8.32 Å². The predicted octanol–water partition coefficient (Wildman–Crippen LogP) is 3.59. The molecule has 2 unspecified atom stereocenters. The van der Waals surface area contributed by atoms with E-state index in [1.54, 1.807) is 24.0 Å². The van der Waals surface area contributed by atoms with Gasteiger partial charge in [0.1, 0.15) is 17.5 Å². The van der Waals surface area contributed by atoms with E-state index < -0.39 is 26.3 Å². The van der Waals surface area contributed by atoms with Crippen LogP contribution in [0.3, 0.4) is 0 Å². The van der Waals surface area contributed by atoms with Gasteiger partial charge >= 0.3 is 11.8 Å². The summed E-state index contributed by atoms with van der Waals surface area (Å²) in [5.41, 5.74) is -0.750. The average molecular weight is 526 g/mol. The zero-order valence-corrected chi connectivity index (χ0v) is 22.7. The number of hydrogen-bond donors (Lipinski definition) is 1. The monoisotopic (exact) mass is 525 g/mol. The second-order valence-electron chi connectivity index (χ2n) is 9.45. The van der Waals surface area contributed by atoms with Gasteiger partial charge in [-0.2, -0.15) is 4.98 Å². The number of carbonyl (C=O) groups excluding carboxylic acids is 1. The number of amides is 1. The standard InChI is InChI=1S/C26H31N3O5SSi/c1-26(2,3)36(19-11-7-5-8-12-19,20-13-9-6-10-14-20)33-17-23-34-22(18-35-23)29-16-15-21(27-24(29)30)28-25(31)32-4/h5-16,22-23H,17-18H2,1-4H3,(H,27,28,30,31). The van der Waals surface area contributed by atoms with E-state index in [0.717, 1.165) is 0 Å². The molecule has 2 aromatic carbocycles. The maximum absolute atomic E-state index is 12.6. The van der Waals surface area contributed by atoms with Gasteiger partial charge in [0.05, 0.1) is 13.7 Å². The summed E-state index contributed by atoms with van der Waals surface area (Å²) < 4.78 is 19.2. The van der Waals surface area contributed by atoms with Crippen molar-refractivity contribution in [3.63, 3.8) is 0 Å². The Kier molecular flexibility index (Phi) is 7.99. The number of benzene rings is 2. The molecule has 2 atom stereocenters. The van der Waals surface area contributed by atoms with E-state index in [-0.39, 0.29) is 16.3 Å². The summed E-state index contributed by atoms with van der Waals surface area (Å²) in [5, 5.41) is 4.67. The Hall–Kier alpha value is -2.92. The third kappa shape index (κ3) is 5.41. The molecule has 36 heavy (non-hydrogen) atoms. The topological polar surface area (TPSA) is 91.7 Å². The fourth-order valence-corrected chi connectivity index (χ4v) is 10.2. The van der Waals surface area contributed by atoms with Crippen LogP contribution in [0.15, 0.2) is 77.7 Å². The van der Waals surface area contributed by atoms with Crippen LogP contribution >= 0.6 is 11.8 Å². The molecule has 2 heterocycles. The summed E-state index contributed by atoms with van der Waals surface area (Å²) in [6.07, 6.45) is 0.403. The van der Waals surface area contributed by atoms with Gasteiger partial charge in [-0.05, 0) is 21.5 Å². The highest BCUT2D eigenvalue weighted by Gasteiger charge is 2.50. The van der Waals surface area contributed by atoms with Gasteiger partial charge in [-0.3, -0.25) is 9.88 Å². The lowest BCUT2D eigenvalue weighted by atomic mass is 10.2. The summed E-state index contributed by atoms with van der Waals surface area (Å²) in [7, 11) is -1.44. The van der Waals surface area contributed by atoms with Crippen LogP contribution in [0.5, 0.6) is 0 Å². The predicted molar refractivity (Wildman–Crippen MR) is 144 cm³/mol. The number of methoxy groups -OCH3 is 1. The van der Waals surface area contributed by atoms with Crippen molar-refractivity contribution < 1.29 is 18.7 Å². The molecule has 1 fully saturated rings. The number of aromatic nitrogens is 2. The second-order valence-corrected chi connectivity index (χ2v) is 14.9. The van der Waals surface area contributed by atoms with Crippen molar-refractivity contribution in [1.82, 2.24) is 9.55 Å². The van der Waals surface area contributed by atoms with Gasteiger partial charge in [-0.1, -0.05) is 81.4 Å². The van der Waals surface area contributed by atoms with Crippen LogP contribution in [0.1, 0.15) is 27.0 Å². The number of hydrogen-bond acceptors (Lipinski definition) is 7. The van der Waals surface area contributed by atoms with Gasteiger partial charge in [0.15, 0.2) is 0 Å². The minimum atomic E-state index is -2.68. The fourth-order valence-electron chi connectivity index (χ4n) is 4.49. The number of ether oxygens (including phenoxy) is 2. The maximum atomic E-state index is 12.6. The van der Waals surface area contributed by atoms with E-state index in [0.29, 0.717) is 12.4 Å². The smallest absolute Gasteiger partial charge is 0.412 e. The molecule has 0 saturated carbocycles. The Balaban J connectivity index is 1.54. The number of anilines is 1. The lowest BCUT2D eigenvalue weighted by molar-refractivity contribution is -0.00349. The van der Waals surface area contributed by atoms with E-state index in [1.165, 1.54) is 22.1 Å². The van der Waals surface area contributed by atoms with E-state index >= 15 is 0 Å². The van der Waals surface area contributed by atoms with Crippen LogP contribution in [0.2, 0.25) is 5.04 Å². The molecular formula is C26H31N3O5SSi. The Bertz CT molecular complexity index is 1190. The number of carbonyl (C=O) groups is 1. The van der Waals surface area contributed by atoms with E-state index in [9.17, 15) is 9.59 Å². The molecule has 1 N–H and O–H groups in total. The van der Waals surface area contributed by atoms with E-state index in [2.05, 4.69) is 84.3 Å². The minimum Gasteiger partial charge on any atom is -0.453 e. The Morgan fingerprint density at radius 3 is 2.25 bits per heavy atom. The van der Waals surface area contributed by atoms with Crippen LogP contribution < -0.4 is 21.4 Å². The summed E-state index contributed by atoms with van der Waals surface area (Å²) in [6.45, 7) is 7.10. The van der Waals surface area contributed by atoms with Crippen LogP contribution in [-0.2, 0) is 13.9 Å². The van der Waals surface area contributed by atoms with Crippen molar-refractivity contribution in [3.05, 3.63) is 83.4 Å². The van der Waals surface area contributed by atoms with Gasteiger partial charge in [-0.25, -0.2) is 9.59 Å². The zero-order chi connectivity index (χ0) is 25.8. The molecule has 0 aliphatic carbocycles. The van der Waals surface area contributed by atoms with Gasteiger partial charge in [0, 0.05) is 11.9 Å². The normalized spacial score (nSPS) is 18.1. The summed E-state index contributed by atoms with van der Waals surface area (Å²) in [5.74, 6) is 0.709. The molecule has 1 saturated heterocycles.